The maximum atomic E-state index is 11.7. The standard InChI is InChI=1S/C30H48N2O2/c1-17-12-27-28(31-16-17)19(3)30(34-27)11-9-23-24-7-6-21-13-22(32-20(4)33)8-10-29(21,5)26(24)14-25(23)18(2)15-30/h17,19,21-24,26-28,31H,6-16H2,1-5H3,(H,32,33)/t17-,19?,21+,22+,23-,24-,26-,27+,28-,29-,30-/m0/s1. The Morgan fingerprint density at radius 2 is 1.94 bits per heavy atom. The van der Waals surface area contributed by atoms with Crippen LogP contribution >= 0.6 is 0 Å². The van der Waals surface area contributed by atoms with Gasteiger partial charge in [0.1, 0.15) is 0 Å². The number of fused-ring (bicyclic) bond motifs is 6. The second-order valence-corrected chi connectivity index (χ2v) is 13.8. The number of piperidine rings is 1. The zero-order valence-corrected chi connectivity index (χ0v) is 22.3. The third-order valence-corrected chi connectivity index (χ3v) is 12.0. The van der Waals surface area contributed by atoms with Crippen LogP contribution in [0, 0.1) is 40.9 Å². The van der Waals surface area contributed by atoms with Gasteiger partial charge in [-0.15, -0.1) is 0 Å². The van der Waals surface area contributed by atoms with Crippen molar-refractivity contribution < 1.29 is 9.53 Å². The molecule has 1 amide bonds. The Morgan fingerprint density at radius 1 is 1.12 bits per heavy atom. The Balaban J connectivity index is 1.23. The van der Waals surface area contributed by atoms with Crippen molar-refractivity contribution >= 4 is 5.91 Å². The van der Waals surface area contributed by atoms with Gasteiger partial charge in [-0.05, 0) is 113 Å². The minimum Gasteiger partial charge on any atom is -0.369 e. The molecule has 2 saturated heterocycles. The molecule has 4 nitrogen and oxygen atoms in total. The number of rotatable bonds is 1. The molecule has 0 aromatic carbocycles. The summed E-state index contributed by atoms with van der Waals surface area (Å²) in [6.07, 6.45) is 13.1. The number of hydrogen-bond donors (Lipinski definition) is 2. The molecular weight excluding hydrogens is 420 g/mol. The fourth-order valence-corrected chi connectivity index (χ4v) is 10.2. The number of carbonyl (C=O) groups excluding carboxylic acids is 1. The number of ether oxygens (including phenoxy) is 1. The lowest BCUT2D eigenvalue weighted by molar-refractivity contribution is -0.121. The van der Waals surface area contributed by atoms with E-state index in [1.54, 1.807) is 12.5 Å². The zero-order chi connectivity index (χ0) is 23.8. The van der Waals surface area contributed by atoms with Gasteiger partial charge in [0.05, 0.1) is 11.7 Å². The lowest BCUT2D eigenvalue weighted by Gasteiger charge is -2.54. The van der Waals surface area contributed by atoms with Crippen LogP contribution in [0.3, 0.4) is 0 Å². The summed E-state index contributed by atoms with van der Waals surface area (Å²) in [5, 5.41) is 7.11. The van der Waals surface area contributed by atoms with Crippen molar-refractivity contribution in [2.75, 3.05) is 6.54 Å². The first-order valence-electron chi connectivity index (χ1n) is 14.6. The highest BCUT2D eigenvalue weighted by Crippen LogP contribution is 2.65. The molecule has 0 aromatic rings. The first kappa shape index (κ1) is 23.5. The Kier molecular flexibility index (Phi) is 5.76. The Labute approximate surface area is 207 Å². The van der Waals surface area contributed by atoms with Gasteiger partial charge in [0.25, 0.3) is 0 Å². The molecule has 4 heteroatoms. The molecule has 2 N–H and O–H groups in total. The van der Waals surface area contributed by atoms with E-state index in [1.807, 2.05) is 5.57 Å². The fraction of sp³-hybridized carbons (Fsp3) is 0.900. The minimum absolute atomic E-state index is 0.0564. The van der Waals surface area contributed by atoms with Crippen LogP contribution in [0.1, 0.15) is 98.8 Å². The quantitative estimate of drug-likeness (QED) is 0.491. The van der Waals surface area contributed by atoms with Gasteiger partial charge in [0.15, 0.2) is 0 Å². The highest BCUT2D eigenvalue weighted by Gasteiger charge is 2.59. The second kappa shape index (κ2) is 8.33. The maximum Gasteiger partial charge on any atom is 0.217 e. The van der Waals surface area contributed by atoms with Crippen LogP contribution in [0.4, 0.5) is 0 Å². The third kappa shape index (κ3) is 3.56. The SMILES string of the molecule is CC(=O)N[C@@H]1CC[C@@]2(C)[C@H](CC[C@H]3[C@@H]4CC[C@@]5(CC(C)=C4C[C@@H]32)O[C@@H]2C[C@H](C)CN[C@H]2C5C)C1. The van der Waals surface area contributed by atoms with Crippen LogP contribution in [0.5, 0.6) is 0 Å². The van der Waals surface area contributed by atoms with Crippen molar-refractivity contribution in [3.63, 3.8) is 0 Å². The second-order valence-electron chi connectivity index (χ2n) is 13.8. The Bertz CT molecular complexity index is 868. The largest absolute Gasteiger partial charge is 0.369 e. The number of carbonyl (C=O) groups is 1. The van der Waals surface area contributed by atoms with E-state index in [1.165, 1.54) is 57.8 Å². The third-order valence-electron chi connectivity index (χ3n) is 12.0. The lowest BCUT2D eigenvalue weighted by atomic mass is 9.52. The van der Waals surface area contributed by atoms with E-state index in [4.69, 9.17) is 4.74 Å². The average molecular weight is 469 g/mol. The van der Waals surface area contributed by atoms with Crippen LogP contribution in [0.15, 0.2) is 11.1 Å². The molecule has 4 aliphatic carbocycles. The van der Waals surface area contributed by atoms with Crippen LogP contribution < -0.4 is 10.6 Å². The molecule has 0 radical (unpaired) electrons. The van der Waals surface area contributed by atoms with Gasteiger partial charge in [-0.2, -0.15) is 0 Å². The predicted molar refractivity (Wildman–Crippen MR) is 136 cm³/mol. The van der Waals surface area contributed by atoms with Gasteiger partial charge in [0, 0.05) is 24.9 Å². The van der Waals surface area contributed by atoms with Gasteiger partial charge >= 0.3 is 0 Å². The maximum absolute atomic E-state index is 11.7. The lowest BCUT2D eigenvalue weighted by Crippen LogP contribution is -2.50. The van der Waals surface area contributed by atoms with E-state index in [2.05, 4.69) is 38.3 Å². The van der Waals surface area contributed by atoms with Crippen molar-refractivity contribution in [2.45, 2.75) is 123 Å². The molecule has 34 heavy (non-hydrogen) atoms. The van der Waals surface area contributed by atoms with E-state index in [0.717, 1.165) is 42.6 Å². The fourth-order valence-electron chi connectivity index (χ4n) is 10.2. The molecule has 5 fully saturated rings. The highest BCUT2D eigenvalue weighted by atomic mass is 16.5. The monoisotopic (exact) mass is 468 g/mol. The minimum atomic E-state index is 0.0564. The average Bonchev–Trinajstić information content (AvgIpc) is 3.24. The van der Waals surface area contributed by atoms with Crippen molar-refractivity contribution in [3.05, 3.63) is 11.1 Å². The summed E-state index contributed by atoms with van der Waals surface area (Å²) >= 11 is 0. The first-order chi connectivity index (χ1) is 16.2. The summed E-state index contributed by atoms with van der Waals surface area (Å²) in [6.45, 7) is 12.8. The van der Waals surface area contributed by atoms with Gasteiger partial charge in [0.2, 0.25) is 5.91 Å². The summed E-state index contributed by atoms with van der Waals surface area (Å²) in [7, 11) is 0. The molecule has 6 aliphatic rings. The number of nitrogens with one attached hydrogen (secondary N) is 2. The van der Waals surface area contributed by atoms with Crippen molar-refractivity contribution in [3.8, 4) is 0 Å². The van der Waals surface area contributed by atoms with E-state index in [0.29, 0.717) is 29.5 Å². The molecule has 6 rings (SSSR count). The Morgan fingerprint density at radius 3 is 2.74 bits per heavy atom. The summed E-state index contributed by atoms with van der Waals surface area (Å²) in [5.74, 6) is 4.77. The number of allylic oxidation sites excluding steroid dienone is 1. The summed E-state index contributed by atoms with van der Waals surface area (Å²) < 4.78 is 7.05. The van der Waals surface area contributed by atoms with Gasteiger partial charge in [-0.25, -0.2) is 0 Å². The molecule has 2 aliphatic heterocycles. The van der Waals surface area contributed by atoms with Crippen molar-refractivity contribution in [1.29, 1.82) is 0 Å². The first-order valence-corrected chi connectivity index (χ1v) is 14.6. The molecule has 1 unspecified atom stereocenters. The van der Waals surface area contributed by atoms with Crippen LogP contribution in [-0.4, -0.2) is 36.2 Å². The van der Waals surface area contributed by atoms with E-state index < -0.39 is 0 Å². The Hall–Kier alpha value is -0.870. The van der Waals surface area contributed by atoms with Crippen LogP contribution in [-0.2, 0) is 9.53 Å². The van der Waals surface area contributed by atoms with Crippen LogP contribution in [0.25, 0.3) is 0 Å². The molecule has 2 heterocycles. The molecule has 190 valence electrons. The molecule has 1 spiro atoms. The van der Waals surface area contributed by atoms with E-state index >= 15 is 0 Å². The molecular formula is C30H48N2O2. The van der Waals surface area contributed by atoms with Crippen LogP contribution in [0.2, 0.25) is 0 Å². The molecule has 3 saturated carbocycles. The summed E-state index contributed by atoms with van der Waals surface area (Å²) in [4.78, 5) is 11.7. The van der Waals surface area contributed by atoms with Gasteiger partial charge in [-0.3, -0.25) is 4.79 Å². The summed E-state index contributed by atoms with van der Waals surface area (Å²) in [6, 6.07) is 0.952. The normalized spacial score (nSPS) is 52.4. The molecule has 11 atom stereocenters. The van der Waals surface area contributed by atoms with Gasteiger partial charge < -0.3 is 15.4 Å². The molecule has 0 aromatic heterocycles. The van der Waals surface area contributed by atoms with Crippen molar-refractivity contribution in [2.24, 2.45) is 40.9 Å². The van der Waals surface area contributed by atoms with E-state index in [-0.39, 0.29) is 11.5 Å². The smallest absolute Gasteiger partial charge is 0.217 e. The summed E-state index contributed by atoms with van der Waals surface area (Å²) in [5.41, 5.74) is 4.04. The predicted octanol–water partition coefficient (Wildman–Crippen LogP) is 5.62. The van der Waals surface area contributed by atoms with Crippen molar-refractivity contribution in [1.82, 2.24) is 10.6 Å². The van der Waals surface area contributed by atoms with E-state index in [9.17, 15) is 4.79 Å². The zero-order valence-electron chi connectivity index (χ0n) is 22.3. The topological polar surface area (TPSA) is 50.4 Å². The number of amides is 1. The number of hydrogen-bond acceptors (Lipinski definition) is 3. The highest BCUT2D eigenvalue weighted by molar-refractivity contribution is 5.73. The van der Waals surface area contributed by atoms with Gasteiger partial charge in [-0.1, -0.05) is 31.9 Å². The molecule has 0 bridgehead atoms.